The molecule has 0 aromatic rings. The van der Waals surface area contributed by atoms with E-state index in [0.717, 1.165) is 6.34 Å². The first-order chi connectivity index (χ1) is 4.11. The fraction of sp³-hybridized carbons (Fsp3) is 0.333. The first-order valence-electron chi connectivity index (χ1n) is 1.98. The maximum absolute atomic E-state index is 11.5. The minimum atomic E-state index is -4.46. The lowest BCUT2D eigenvalue weighted by Crippen LogP contribution is -2.14. The van der Waals surface area contributed by atoms with Gasteiger partial charge in [-0.2, -0.15) is 13.2 Å². The van der Waals surface area contributed by atoms with Gasteiger partial charge in [0.05, 0.1) is 0 Å². The standard InChI is InChI=1S/C3HF3N3/c4-3(5,6)2-7-1-8-9-2/h1H. The van der Waals surface area contributed by atoms with Crippen LogP contribution in [0.3, 0.4) is 0 Å². The minimum absolute atomic E-state index is 0.753. The van der Waals surface area contributed by atoms with E-state index in [0.29, 0.717) is 0 Å². The molecule has 0 aromatic heterocycles. The van der Waals surface area contributed by atoms with Crippen LogP contribution in [0.4, 0.5) is 13.2 Å². The zero-order chi connectivity index (χ0) is 6.91. The molecule has 0 N–H and O–H groups in total. The van der Waals surface area contributed by atoms with Gasteiger partial charge in [-0.05, 0) is 0 Å². The van der Waals surface area contributed by atoms with Gasteiger partial charge < -0.3 is 0 Å². The summed E-state index contributed by atoms with van der Waals surface area (Å²) >= 11 is 0. The molecule has 0 aromatic carbocycles. The van der Waals surface area contributed by atoms with Crippen molar-refractivity contribution in [3.63, 3.8) is 0 Å². The second kappa shape index (κ2) is 1.78. The molecular weight excluding hydrogens is 135 g/mol. The van der Waals surface area contributed by atoms with Crippen LogP contribution in [0.25, 0.3) is 0 Å². The lowest BCUT2D eigenvalue weighted by Gasteiger charge is -2.03. The largest absolute Gasteiger partial charge is 0.441 e. The molecule has 3 nitrogen and oxygen atoms in total. The lowest BCUT2D eigenvalue weighted by molar-refractivity contribution is -0.114. The van der Waals surface area contributed by atoms with Crippen LogP contribution in [0.2, 0.25) is 0 Å². The van der Waals surface area contributed by atoms with E-state index < -0.39 is 12.3 Å². The van der Waals surface area contributed by atoms with E-state index in [4.69, 9.17) is 0 Å². The lowest BCUT2D eigenvalue weighted by atomic mass is 10.5. The summed E-state index contributed by atoms with van der Waals surface area (Å²) < 4.78 is 34.4. The molecule has 0 saturated carbocycles. The summed E-state index contributed by atoms with van der Waals surface area (Å²) in [5, 5.41) is 5.61. The van der Waals surface area contributed by atoms with E-state index in [2.05, 4.69) is 15.2 Å². The Morgan fingerprint density at radius 2 is 2.00 bits per heavy atom. The molecule has 0 spiro atoms. The van der Waals surface area contributed by atoms with Gasteiger partial charge in [0.2, 0.25) is 0 Å². The highest BCUT2D eigenvalue weighted by Crippen LogP contribution is 2.31. The van der Waals surface area contributed by atoms with E-state index in [1.807, 2.05) is 0 Å². The predicted octanol–water partition coefficient (Wildman–Crippen LogP) is 1.53. The zero-order valence-corrected chi connectivity index (χ0v) is 4.05. The number of aliphatic imine (C=N–C) groups is 1. The minimum Gasteiger partial charge on any atom is -0.226 e. The molecule has 1 heterocycles. The first-order valence-corrected chi connectivity index (χ1v) is 1.98. The summed E-state index contributed by atoms with van der Waals surface area (Å²) in [5.74, 6) is 0. The summed E-state index contributed by atoms with van der Waals surface area (Å²) in [6.45, 7) is 0. The van der Waals surface area contributed by atoms with Crippen molar-refractivity contribution in [2.45, 2.75) is 6.18 Å². The zero-order valence-electron chi connectivity index (χ0n) is 4.05. The van der Waals surface area contributed by atoms with E-state index in [1.165, 1.54) is 0 Å². The van der Waals surface area contributed by atoms with E-state index in [-0.39, 0.29) is 0 Å². The van der Waals surface area contributed by atoms with Crippen LogP contribution in [0.5, 0.6) is 0 Å². The molecule has 1 aliphatic rings. The van der Waals surface area contributed by atoms with Crippen molar-refractivity contribution in [3.8, 4) is 0 Å². The number of alkyl halides is 3. The Morgan fingerprint density at radius 1 is 1.33 bits per heavy atom. The molecule has 0 saturated heterocycles. The molecule has 6 heteroatoms. The van der Waals surface area contributed by atoms with Crippen molar-refractivity contribution >= 4 is 6.34 Å². The van der Waals surface area contributed by atoms with Gasteiger partial charge in [0.15, 0.2) is 0 Å². The van der Waals surface area contributed by atoms with Crippen LogP contribution < -0.4 is 0 Å². The summed E-state index contributed by atoms with van der Waals surface area (Å²) in [6.07, 6.45) is -4.90. The highest BCUT2D eigenvalue weighted by molar-refractivity contribution is 5.58. The van der Waals surface area contributed by atoms with Gasteiger partial charge in [-0.3, -0.25) is 0 Å². The van der Waals surface area contributed by atoms with Gasteiger partial charge >= 0.3 is 12.3 Å². The molecule has 0 aliphatic carbocycles. The fourth-order valence-electron chi connectivity index (χ4n) is 0.317. The molecular formula is C3HF3N3. The molecule has 0 atom stereocenters. The highest BCUT2D eigenvalue weighted by Gasteiger charge is 2.43. The topological polar surface area (TPSA) is 37.1 Å². The second-order valence-corrected chi connectivity index (χ2v) is 1.28. The van der Waals surface area contributed by atoms with Crippen LogP contribution in [0.15, 0.2) is 15.2 Å². The Morgan fingerprint density at radius 3 is 2.22 bits per heavy atom. The van der Waals surface area contributed by atoms with Crippen molar-refractivity contribution < 1.29 is 13.2 Å². The fourth-order valence-corrected chi connectivity index (χ4v) is 0.317. The molecule has 0 fully saturated rings. The Bertz CT molecular complexity index is 146. The second-order valence-electron chi connectivity index (χ2n) is 1.28. The van der Waals surface area contributed by atoms with Crippen molar-refractivity contribution in [3.05, 3.63) is 6.17 Å². The molecule has 1 aliphatic heterocycles. The van der Waals surface area contributed by atoms with Crippen molar-refractivity contribution in [2.24, 2.45) is 15.2 Å². The van der Waals surface area contributed by atoms with Gasteiger partial charge in [0.25, 0.3) is 0 Å². The first kappa shape index (κ1) is 6.18. The number of hydrogen-bond acceptors (Lipinski definition) is 3. The number of azo groups is 1. The van der Waals surface area contributed by atoms with Gasteiger partial charge in [0, 0.05) is 0 Å². The Hall–Kier alpha value is -0.940. The van der Waals surface area contributed by atoms with Crippen molar-refractivity contribution in [1.82, 2.24) is 0 Å². The number of hydrogen-bond donors (Lipinski definition) is 0. The maximum Gasteiger partial charge on any atom is 0.441 e. The quantitative estimate of drug-likeness (QED) is 0.484. The van der Waals surface area contributed by atoms with E-state index in [9.17, 15) is 13.2 Å². The number of rotatable bonds is 0. The third kappa shape index (κ3) is 1.24. The average Bonchev–Trinajstić information content (AvgIpc) is 2.08. The summed E-state index contributed by atoms with van der Waals surface area (Å²) in [5.41, 5.74) is 0. The van der Waals surface area contributed by atoms with Gasteiger partial charge in [-0.15, -0.1) is 10.2 Å². The Balaban J connectivity index is 2.64. The molecule has 49 valence electrons. The smallest absolute Gasteiger partial charge is 0.226 e. The van der Waals surface area contributed by atoms with Crippen molar-refractivity contribution in [2.75, 3.05) is 0 Å². The molecule has 0 unspecified atom stereocenters. The average molecular weight is 136 g/mol. The maximum atomic E-state index is 11.5. The van der Waals surface area contributed by atoms with Crippen LogP contribution in [0, 0.1) is 6.17 Å². The van der Waals surface area contributed by atoms with Gasteiger partial charge in [-0.1, -0.05) is 0 Å². The van der Waals surface area contributed by atoms with E-state index in [1.54, 1.807) is 0 Å². The molecule has 0 bridgehead atoms. The van der Waals surface area contributed by atoms with Crippen LogP contribution >= 0.6 is 0 Å². The number of nitrogens with zero attached hydrogens (tertiary/aromatic N) is 3. The molecule has 0 amide bonds. The Labute approximate surface area is 48.3 Å². The summed E-state index contributed by atoms with van der Waals surface area (Å²) in [7, 11) is 0. The molecule has 9 heavy (non-hydrogen) atoms. The number of halogens is 3. The SMILES string of the molecule is FC(F)(F)[C]1N=CN=N1. The van der Waals surface area contributed by atoms with E-state index >= 15 is 0 Å². The molecule has 1 radical (unpaired) electrons. The summed E-state index contributed by atoms with van der Waals surface area (Å²) in [4.78, 5) is 2.84. The normalized spacial score (nSPS) is 19.4. The van der Waals surface area contributed by atoms with Crippen LogP contribution in [-0.4, -0.2) is 12.5 Å². The predicted molar refractivity (Wildman–Crippen MR) is 22.6 cm³/mol. The van der Waals surface area contributed by atoms with Crippen LogP contribution in [-0.2, 0) is 0 Å². The monoisotopic (exact) mass is 136 g/mol. The third-order valence-electron chi connectivity index (χ3n) is 0.638. The highest BCUT2D eigenvalue weighted by atomic mass is 19.4. The van der Waals surface area contributed by atoms with Crippen molar-refractivity contribution in [1.29, 1.82) is 0 Å². The van der Waals surface area contributed by atoms with Crippen LogP contribution in [0.1, 0.15) is 0 Å². The van der Waals surface area contributed by atoms with Gasteiger partial charge in [-0.25, -0.2) is 4.99 Å². The Kier molecular flexibility index (Phi) is 1.22. The molecule has 1 rings (SSSR count). The summed E-state index contributed by atoms with van der Waals surface area (Å²) in [6, 6.07) is 0. The third-order valence-corrected chi connectivity index (χ3v) is 0.638. The van der Waals surface area contributed by atoms with Gasteiger partial charge in [0.1, 0.15) is 6.34 Å².